The highest BCUT2D eigenvalue weighted by molar-refractivity contribution is 9.10. The van der Waals surface area contributed by atoms with Gasteiger partial charge in [-0.3, -0.25) is 9.78 Å². The summed E-state index contributed by atoms with van der Waals surface area (Å²) in [5.74, 6) is 0.0156. The van der Waals surface area contributed by atoms with Crippen LogP contribution in [0.3, 0.4) is 0 Å². The summed E-state index contributed by atoms with van der Waals surface area (Å²) >= 11 is 3.39. The van der Waals surface area contributed by atoms with Gasteiger partial charge in [-0.05, 0) is 47.7 Å². The number of primary amides is 1. The van der Waals surface area contributed by atoms with Gasteiger partial charge in [-0.25, -0.2) is 4.79 Å². The van der Waals surface area contributed by atoms with Gasteiger partial charge in [-0.15, -0.1) is 0 Å². The predicted octanol–water partition coefficient (Wildman–Crippen LogP) is 1.93. The van der Waals surface area contributed by atoms with Crippen LogP contribution in [0.4, 0.5) is 10.5 Å². The summed E-state index contributed by atoms with van der Waals surface area (Å²) in [4.78, 5) is 26.7. The second-order valence-corrected chi connectivity index (χ2v) is 5.85. The highest BCUT2D eigenvalue weighted by atomic mass is 79.9. The molecule has 108 valence electrons. The van der Waals surface area contributed by atoms with Gasteiger partial charge in [0.25, 0.3) is 0 Å². The molecule has 1 aliphatic rings. The molecule has 1 fully saturated rings. The summed E-state index contributed by atoms with van der Waals surface area (Å²) in [6.07, 6.45) is 3.64. The number of halogens is 1. The number of aryl methyl sites for hydroxylation is 1. The van der Waals surface area contributed by atoms with E-state index in [0.717, 1.165) is 23.0 Å². The van der Waals surface area contributed by atoms with Crippen LogP contribution in [0.5, 0.6) is 0 Å². The molecular weight excluding hydrogens is 324 g/mol. The maximum atomic E-state index is 11.9. The Hall–Kier alpha value is -1.63. The van der Waals surface area contributed by atoms with Gasteiger partial charge in [0.1, 0.15) is 0 Å². The SMILES string of the molecule is Cc1nccc(NC(=O)NC2CC(CC(N)=O)C2)c1Br. The summed E-state index contributed by atoms with van der Waals surface area (Å²) < 4.78 is 0.773. The quantitative estimate of drug-likeness (QED) is 0.781. The van der Waals surface area contributed by atoms with Gasteiger partial charge in [0.2, 0.25) is 5.91 Å². The molecule has 1 saturated carbocycles. The largest absolute Gasteiger partial charge is 0.370 e. The van der Waals surface area contributed by atoms with Crippen LogP contribution in [0.2, 0.25) is 0 Å². The van der Waals surface area contributed by atoms with Gasteiger partial charge in [0, 0.05) is 18.7 Å². The van der Waals surface area contributed by atoms with E-state index in [0.29, 0.717) is 18.0 Å². The first-order chi connectivity index (χ1) is 9.45. The minimum Gasteiger partial charge on any atom is -0.370 e. The lowest BCUT2D eigenvalue weighted by molar-refractivity contribution is -0.119. The Balaban J connectivity index is 1.80. The number of amides is 3. The van der Waals surface area contributed by atoms with Crippen LogP contribution in [0.15, 0.2) is 16.7 Å². The van der Waals surface area contributed by atoms with Crippen LogP contribution >= 0.6 is 15.9 Å². The van der Waals surface area contributed by atoms with E-state index in [2.05, 4.69) is 31.5 Å². The number of urea groups is 1. The molecule has 2 rings (SSSR count). The number of hydrogen-bond donors (Lipinski definition) is 3. The first kappa shape index (κ1) is 14.8. The molecule has 20 heavy (non-hydrogen) atoms. The summed E-state index contributed by atoms with van der Waals surface area (Å²) in [6, 6.07) is 1.59. The van der Waals surface area contributed by atoms with Crippen molar-refractivity contribution in [1.82, 2.24) is 10.3 Å². The Morgan fingerprint density at radius 1 is 1.50 bits per heavy atom. The second kappa shape index (κ2) is 6.21. The minimum absolute atomic E-state index is 0.112. The van der Waals surface area contributed by atoms with Crippen molar-refractivity contribution in [2.24, 2.45) is 11.7 Å². The molecule has 7 heteroatoms. The fraction of sp³-hybridized carbons (Fsp3) is 0.462. The lowest BCUT2D eigenvalue weighted by Crippen LogP contribution is -2.46. The number of aromatic nitrogens is 1. The summed E-state index contributed by atoms with van der Waals surface area (Å²) in [5.41, 5.74) is 6.63. The highest BCUT2D eigenvalue weighted by Gasteiger charge is 2.31. The number of nitrogens with zero attached hydrogens (tertiary/aromatic N) is 1. The lowest BCUT2D eigenvalue weighted by Gasteiger charge is -2.35. The van der Waals surface area contributed by atoms with E-state index >= 15 is 0 Å². The second-order valence-electron chi connectivity index (χ2n) is 5.06. The van der Waals surface area contributed by atoms with Crippen molar-refractivity contribution < 1.29 is 9.59 Å². The average molecular weight is 341 g/mol. The van der Waals surface area contributed by atoms with Crippen LogP contribution in [0.1, 0.15) is 25.0 Å². The normalized spacial score (nSPS) is 20.9. The third kappa shape index (κ3) is 3.69. The molecule has 6 nitrogen and oxygen atoms in total. The van der Waals surface area contributed by atoms with Crippen LogP contribution < -0.4 is 16.4 Å². The van der Waals surface area contributed by atoms with E-state index < -0.39 is 0 Å². The van der Waals surface area contributed by atoms with E-state index in [1.54, 1.807) is 12.3 Å². The first-order valence-electron chi connectivity index (χ1n) is 6.42. The Labute approximate surface area is 125 Å². The number of carbonyl (C=O) groups excluding carboxylic acids is 2. The highest BCUT2D eigenvalue weighted by Crippen LogP contribution is 2.30. The molecule has 1 aliphatic carbocycles. The third-order valence-electron chi connectivity index (χ3n) is 3.37. The Morgan fingerprint density at radius 3 is 2.85 bits per heavy atom. The minimum atomic E-state index is -0.283. The van der Waals surface area contributed by atoms with Gasteiger partial charge in [0.15, 0.2) is 0 Å². The van der Waals surface area contributed by atoms with Crippen molar-refractivity contribution in [3.8, 4) is 0 Å². The molecule has 0 saturated heterocycles. The third-order valence-corrected chi connectivity index (χ3v) is 4.37. The first-order valence-corrected chi connectivity index (χ1v) is 7.22. The number of rotatable bonds is 4. The van der Waals surface area contributed by atoms with Crippen LogP contribution in [-0.4, -0.2) is 23.0 Å². The molecule has 0 aliphatic heterocycles. The van der Waals surface area contributed by atoms with Gasteiger partial charge in [-0.1, -0.05) is 0 Å². The van der Waals surface area contributed by atoms with Crippen LogP contribution in [-0.2, 0) is 4.79 Å². The molecule has 0 spiro atoms. The molecular formula is C13H17BrN4O2. The smallest absolute Gasteiger partial charge is 0.319 e. The number of anilines is 1. The Bertz CT molecular complexity index is 529. The number of carbonyl (C=O) groups is 2. The standard InChI is InChI=1S/C13H17BrN4O2/c1-7-12(14)10(2-3-16-7)18-13(20)17-9-4-8(5-9)6-11(15)19/h2-3,8-9H,4-6H2,1H3,(H2,15,19)(H2,16,17,18,20). The summed E-state index contributed by atoms with van der Waals surface area (Å²) in [7, 11) is 0. The molecule has 0 atom stereocenters. The topological polar surface area (TPSA) is 97.1 Å². The monoisotopic (exact) mass is 340 g/mol. The van der Waals surface area contributed by atoms with Gasteiger partial charge in [0.05, 0.1) is 15.9 Å². The van der Waals surface area contributed by atoms with Crippen molar-refractivity contribution in [1.29, 1.82) is 0 Å². The van der Waals surface area contributed by atoms with Crippen molar-refractivity contribution in [3.05, 3.63) is 22.4 Å². The number of nitrogens with one attached hydrogen (secondary N) is 2. The summed E-state index contributed by atoms with van der Waals surface area (Å²) in [6.45, 7) is 1.85. The van der Waals surface area contributed by atoms with Crippen molar-refractivity contribution in [2.75, 3.05) is 5.32 Å². The van der Waals surface area contributed by atoms with E-state index in [1.807, 2.05) is 6.92 Å². The molecule has 1 aromatic rings. The Morgan fingerprint density at radius 2 is 2.20 bits per heavy atom. The number of pyridine rings is 1. The predicted molar refractivity (Wildman–Crippen MR) is 79.2 cm³/mol. The zero-order valence-electron chi connectivity index (χ0n) is 11.1. The van der Waals surface area contributed by atoms with Crippen molar-refractivity contribution in [3.63, 3.8) is 0 Å². The summed E-state index contributed by atoms with van der Waals surface area (Å²) in [5, 5.41) is 5.65. The van der Waals surface area contributed by atoms with E-state index in [4.69, 9.17) is 5.73 Å². The zero-order chi connectivity index (χ0) is 14.7. The number of hydrogen-bond acceptors (Lipinski definition) is 3. The van der Waals surface area contributed by atoms with E-state index in [9.17, 15) is 9.59 Å². The molecule has 1 aromatic heterocycles. The molecule has 4 N–H and O–H groups in total. The molecule has 0 radical (unpaired) electrons. The number of nitrogens with two attached hydrogens (primary N) is 1. The zero-order valence-corrected chi connectivity index (χ0v) is 12.7. The fourth-order valence-electron chi connectivity index (χ4n) is 2.29. The average Bonchev–Trinajstić information content (AvgIpc) is 2.32. The Kier molecular flexibility index (Phi) is 4.59. The van der Waals surface area contributed by atoms with E-state index in [-0.39, 0.29) is 18.0 Å². The lowest BCUT2D eigenvalue weighted by atomic mass is 9.78. The van der Waals surface area contributed by atoms with Gasteiger partial charge < -0.3 is 16.4 Å². The van der Waals surface area contributed by atoms with Gasteiger partial charge in [-0.2, -0.15) is 0 Å². The van der Waals surface area contributed by atoms with Crippen molar-refractivity contribution >= 4 is 33.6 Å². The van der Waals surface area contributed by atoms with Gasteiger partial charge >= 0.3 is 6.03 Å². The van der Waals surface area contributed by atoms with Crippen LogP contribution in [0, 0.1) is 12.8 Å². The van der Waals surface area contributed by atoms with Crippen molar-refractivity contribution in [2.45, 2.75) is 32.2 Å². The maximum absolute atomic E-state index is 11.9. The molecule has 0 aromatic carbocycles. The molecule has 3 amide bonds. The molecule has 0 bridgehead atoms. The molecule has 0 unspecified atom stereocenters. The molecule has 1 heterocycles. The maximum Gasteiger partial charge on any atom is 0.319 e. The van der Waals surface area contributed by atoms with Crippen LogP contribution in [0.25, 0.3) is 0 Å². The fourth-order valence-corrected chi connectivity index (χ4v) is 2.63. The van der Waals surface area contributed by atoms with E-state index in [1.165, 1.54) is 0 Å².